The zero-order chi connectivity index (χ0) is 12.4. The number of rotatable bonds is 3. The SMILES string of the molecule is Cc1ccc(CNc2nn(C)cc2C)cc1Cl. The molecular weight excluding hydrogens is 234 g/mol. The Morgan fingerprint density at radius 3 is 2.65 bits per heavy atom. The fraction of sp³-hybridized carbons (Fsp3) is 0.308. The average Bonchev–Trinajstić information content (AvgIpc) is 2.59. The smallest absolute Gasteiger partial charge is 0.151 e. The molecule has 0 radical (unpaired) electrons. The van der Waals surface area contributed by atoms with Crippen LogP contribution in [0.3, 0.4) is 0 Å². The molecule has 3 nitrogen and oxygen atoms in total. The average molecular weight is 250 g/mol. The molecule has 1 heterocycles. The maximum absolute atomic E-state index is 6.08. The summed E-state index contributed by atoms with van der Waals surface area (Å²) in [6.07, 6.45) is 1.99. The number of halogens is 1. The van der Waals surface area contributed by atoms with Gasteiger partial charge in [-0.15, -0.1) is 0 Å². The molecule has 0 aliphatic heterocycles. The van der Waals surface area contributed by atoms with Gasteiger partial charge in [-0.2, -0.15) is 5.10 Å². The van der Waals surface area contributed by atoms with Crippen LogP contribution in [-0.4, -0.2) is 9.78 Å². The Kier molecular flexibility index (Phi) is 3.38. The summed E-state index contributed by atoms with van der Waals surface area (Å²) < 4.78 is 1.81. The van der Waals surface area contributed by atoms with E-state index in [1.807, 2.05) is 39.2 Å². The van der Waals surface area contributed by atoms with E-state index in [0.29, 0.717) is 0 Å². The molecule has 90 valence electrons. The van der Waals surface area contributed by atoms with Crippen LogP contribution >= 0.6 is 11.6 Å². The van der Waals surface area contributed by atoms with E-state index in [2.05, 4.69) is 16.5 Å². The summed E-state index contributed by atoms with van der Waals surface area (Å²) in [4.78, 5) is 0. The molecule has 0 saturated carbocycles. The van der Waals surface area contributed by atoms with Crippen LogP contribution < -0.4 is 5.32 Å². The zero-order valence-electron chi connectivity index (χ0n) is 10.3. The van der Waals surface area contributed by atoms with Crippen molar-refractivity contribution in [1.82, 2.24) is 9.78 Å². The fourth-order valence-electron chi connectivity index (χ4n) is 1.71. The second kappa shape index (κ2) is 4.80. The molecule has 2 aromatic rings. The van der Waals surface area contributed by atoms with Crippen LogP contribution in [0.25, 0.3) is 0 Å². The lowest BCUT2D eigenvalue weighted by atomic mass is 10.1. The van der Waals surface area contributed by atoms with Gasteiger partial charge in [-0.3, -0.25) is 4.68 Å². The molecule has 0 bridgehead atoms. The molecule has 0 aliphatic rings. The molecule has 0 spiro atoms. The van der Waals surface area contributed by atoms with Crippen LogP contribution in [0.15, 0.2) is 24.4 Å². The first-order valence-electron chi connectivity index (χ1n) is 5.55. The van der Waals surface area contributed by atoms with E-state index in [9.17, 15) is 0 Å². The number of benzene rings is 1. The van der Waals surface area contributed by atoms with Crippen molar-refractivity contribution in [3.05, 3.63) is 46.1 Å². The topological polar surface area (TPSA) is 29.9 Å². The minimum atomic E-state index is 0.734. The lowest BCUT2D eigenvalue weighted by molar-refractivity contribution is 0.768. The highest BCUT2D eigenvalue weighted by Crippen LogP contribution is 2.18. The van der Waals surface area contributed by atoms with E-state index in [0.717, 1.165) is 34.1 Å². The van der Waals surface area contributed by atoms with Crippen molar-refractivity contribution in [2.45, 2.75) is 20.4 Å². The Morgan fingerprint density at radius 2 is 2.06 bits per heavy atom. The minimum absolute atomic E-state index is 0.734. The monoisotopic (exact) mass is 249 g/mol. The predicted octanol–water partition coefficient (Wildman–Crippen LogP) is 3.30. The van der Waals surface area contributed by atoms with Gasteiger partial charge < -0.3 is 5.32 Å². The number of hydrogen-bond donors (Lipinski definition) is 1. The van der Waals surface area contributed by atoms with E-state index in [4.69, 9.17) is 11.6 Å². The maximum atomic E-state index is 6.08. The Labute approximate surface area is 106 Å². The van der Waals surface area contributed by atoms with Crippen molar-refractivity contribution in [2.24, 2.45) is 7.05 Å². The normalized spacial score (nSPS) is 10.6. The molecule has 4 heteroatoms. The number of nitrogens with one attached hydrogen (secondary N) is 1. The van der Waals surface area contributed by atoms with Gasteiger partial charge in [0.2, 0.25) is 0 Å². The van der Waals surface area contributed by atoms with Crippen molar-refractivity contribution >= 4 is 17.4 Å². The van der Waals surface area contributed by atoms with Crippen LogP contribution in [0.4, 0.5) is 5.82 Å². The summed E-state index contributed by atoms with van der Waals surface area (Å²) in [5.74, 6) is 0.921. The summed E-state index contributed by atoms with van der Waals surface area (Å²) in [6.45, 7) is 4.78. The van der Waals surface area contributed by atoms with Gasteiger partial charge in [0.15, 0.2) is 5.82 Å². The maximum Gasteiger partial charge on any atom is 0.151 e. The summed E-state index contributed by atoms with van der Waals surface area (Å²) >= 11 is 6.08. The molecule has 2 rings (SSSR count). The third-order valence-corrected chi connectivity index (χ3v) is 3.12. The van der Waals surface area contributed by atoms with E-state index in [1.54, 1.807) is 4.68 Å². The van der Waals surface area contributed by atoms with Crippen LogP contribution in [0.5, 0.6) is 0 Å². The van der Waals surface area contributed by atoms with Crippen molar-refractivity contribution in [2.75, 3.05) is 5.32 Å². The van der Waals surface area contributed by atoms with Gasteiger partial charge in [0.05, 0.1) is 0 Å². The van der Waals surface area contributed by atoms with Gasteiger partial charge in [-0.05, 0) is 31.0 Å². The molecule has 0 atom stereocenters. The quantitative estimate of drug-likeness (QED) is 0.905. The van der Waals surface area contributed by atoms with E-state index < -0.39 is 0 Å². The molecule has 0 aliphatic carbocycles. The van der Waals surface area contributed by atoms with E-state index in [-0.39, 0.29) is 0 Å². The lowest BCUT2D eigenvalue weighted by Gasteiger charge is -2.06. The van der Waals surface area contributed by atoms with Crippen LogP contribution in [0.1, 0.15) is 16.7 Å². The number of aryl methyl sites for hydroxylation is 3. The Bertz CT molecular complexity index is 531. The van der Waals surface area contributed by atoms with Crippen LogP contribution in [0, 0.1) is 13.8 Å². The Morgan fingerprint density at radius 1 is 1.29 bits per heavy atom. The first-order chi connectivity index (χ1) is 8.06. The van der Waals surface area contributed by atoms with Crippen LogP contribution in [0.2, 0.25) is 5.02 Å². The molecule has 1 aromatic heterocycles. The van der Waals surface area contributed by atoms with Gasteiger partial charge in [0.25, 0.3) is 0 Å². The highest BCUT2D eigenvalue weighted by atomic mass is 35.5. The minimum Gasteiger partial charge on any atom is -0.364 e. The van der Waals surface area contributed by atoms with Crippen LogP contribution in [-0.2, 0) is 13.6 Å². The lowest BCUT2D eigenvalue weighted by Crippen LogP contribution is -2.02. The van der Waals surface area contributed by atoms with Gasteiger partial charge in [0, 0.05) is 30.4 Å². The molecule has 17 heavy (non-hydrogen) atoms. The summed E-state index contributed by atoms with van der Waals surface area (Å²) in [5.41, 5.74) is 3.40. The summed E-state index contributed by atoms with van der Waals surface area (Å²) in [5, 5.41) is 8.45. The predicted molar refractivity (Wildman–Crippen MR) is 71.5 cm³/mol. The highest BCUT2D eigenvalue weighted by molar-refractivity contribution is 6.31. The largest absolute Gasteiger partial charge is 0.364 e. The molecular formula is C13H16ClN3. The molecule has 1 N–H and O–H groups in total. The van der Waals surface area contributed by atoms with E-state index in [1.165, 1.54) is 0 Å². The molecule has 0 saturated heterocycles. The second-order valence-corrected chi connectivity index (χ2v) is 4.68. The summed E-state index contributed by atoms with van der Waals surface area (Å²) in [7, 11) is 1.92. The van der Waals surface area contributed by atoms with Gasteiger partial charge >= 0.3 is 0 Å². The van der Waals surface area contributed by atoms with Gasteiger partial charge in [-0.25, -0.2) is 0 Å². The Balaban J connectivity index is 2.07. The second-order valence-electron chi connectivity index (χ2n) is 4.27. The third kappa shape index (κ3) is 2.80. The van der Waals surface area contributed by atoms with Gasteiger partial charge in [0.1, 0.15) is 0 Å². The standard InChI is InChI=1S/C13H16ClN3/c1-9-4-5-11(6-12(9)14)7-15-13-10(2)8-17(3)16-13/h4-6,8H,7H2,1-3H3,(H,15,16). The number of aromatic nitrogens is 2. The fourth-order valence-corrected chi connectivity index (χ4v) is 1.92. The number of hydrogen-bond acceptors (Lipinski definition) is 2. The molecule has 0 fully saturated rings. The molecule has 0 amide bonds. The van der Waals surface area contributed by atoms with Crippen molar-refractivity contribution in [3.8, 4) is 0 Å². The van der Waals surface area contributed by atoms with Gasteiger partial charge in [-0.1, -0.05) is 23.7 Å². The van der Waals surface area contributed by atoms with Crippen molar-refractivity contribution in [1.29, 1.82) is 0 Å². The first kappa shape index (κ1) is 12.0. The molecule has 0 unspecified atom stereocenters. The first-order valence-corrected chi connectivity index (χ1v) is 5.93. The van der Waals surface area contributed by atoms with Crippen molar-refractivity contribution < 1.29 is 0 Å². The van der Waals surface area contributed by atoms with E-state index >= 15 is 0 Å². The Hall–Kier alpha value is -1.48. The number of nitrogens with zero attached hydrogens (tertiary/aromatic N) is 2. The molecule has 1 aromatic carbocycles. The highest BCUT2D eigenvalue weighted by Gasteiger charge is 2.03. The number of anilines is 1. The summed E-state index contributed by atoms with van der Waals surface area (Å²) in [6, 6.07) is 6.10. The van der Waals surface area contributed by atoms with Crippen molar-refractivity contribution in [3.63, 3.8) is 0 Å². The zero-order valence-corrected chi connectivity index (χ0v) is 11.0. The third-order valence-electron chi connectivity index (χ3n) is 2.71.